The van der Waals surface area contributed by atoms with E-state index >= 15 is 0 Å². The molecule has 1 fully saturated rings. The van der Waals surface area contributed by atoms with Gasteiger partial charge < -0.3 is 11.1 Å². The van der Waals surface area contributed by atoms with Gasteiger partial charge >= 0.3 is 0 Å². The monoisotopic (exact) mass is 184 g/mol. The first-order valence-electron chi connectivity index (χ1n) is 4.77. The van der Waals surface area contributed by atoms with Crippen LogP contribution >= 0.6 is 0 Å². The summed E-state index contributed by atoms with van der Waals surface area (Å²) < 4.78 is 0. The van der Waals surface area contributed by atoms with E-state index in [0.29, 0.717) is 0 Å². The van der Waals surface area contributed by atoms with Crippen molar-refractivity contribution < 1.29 is 4.79 Å². The van der Waals surface area contributed by atoms with Crippen molar-refractivity contribution >= 4 is 5.91 Å². The highest BCUT2D eigenvalue weighted by atomic mass is 16.2. The molecule has 3 N–H and O–H groups in total. The van der Waals surface area contributed by atoms with Crippen LogP contribution in [0.5, 0.6) is 0 Å². The average Bonchev–Trinajstić information content (AvgIpc) is 2.32. The number of carbonyl (C=O) groups is 1. The summed E-state index contributed by atoms with van der Waals surface area (Å²) in [5, 5.41) is 2.97. The highest BCUT2D eigenvalue weighted by molar-refractivity contribution is 5.82. The van der Waals surface area contributed by atoms with E-state index < -0.39 is 6.04 Å². The summed E-state index contributed by atoms with van der Waals surface area (Å²) in [6, 6.07) is -0.148. The first-order chi connectivity index (χ1) is 5.71. The Morgan fingerprint density at radius 1 is 1.31 bits per heavy atom. The van der Waals surface area contributed by atoms with E-state index in [1.54, 1.807) is 6.92 Å². The predicted molar refractivity (Wildman–Crippen MR) is 53.1 cm³/mol. The number of carbonyl (C=O) groups excluding carboxylic acids is 1. The van der Waals surface area contributed by atoms with Gasteiger partial charge in [0.05, 0.1) is 6.04 Å². The van der Waals surface area contributed by atoms with Gasteiger partial charge in [-0.3, -0.25) is 4.79 Å². The molecule has 0 saturated heterocycles. The lowest BCUT2D eigenvalue weighted by molar-refractivity contribution is -0.122. The molecule has 0 aliphatic heterocycles. The van der Waals surface area contributed by atoms with E-state index in [9.17, 15) is 4.79 Å². The van der Waals surface area contributed by atoms with Gasteiger partial charge in [-0.1, -0.05) is 27.7 Å². The Morgan fingerprint density at radius 3 is 1.92 bits per heavy atom. The van der Waals surface area contributed by atoms with Crippen molar-refractivity contribution in [1.82, 2.24) is 5.32 Å². The molecule has 0 aromatic carbocycles. The molecule has 1 aliphatic carbocycles. The maximum atomic E-state index is 11.3. The highest BCUT2D eigenvalue weighted by Crippen LogP contribution is 2.62. The molecule has 1 atom stereocenters. The van der Waals surface area contributed by atoms with Gasteiger partial charge in [-0.2, -0.15) is 0 Å². The predicted octanol–water partition coefficient (Wildman–Crippen LogP) is 0.884. The first-order valence-corrected chi connectivity index (χ1v) is 4.77. The second-order valence-electron chi connectivity index (χ2n) is 5.17. The van der Waals surface area contributed by atoms with Crippen LogP contribution in [0, 0.1) is 10.8 Å². The van der Waals surface area contributed by atoms with Crippen LogP contribution in [0.1, 0.15) is 34.6 Å². The molecule has 3 heteroatoms. The standard InChI is InChI=1S/C10H20N2O/c1-6(11)7(13)12-8-9(2,3)10(8,4)5/h6,8H,11H2,1-5H3,(H,12,13). The summed E-state index contributed by atoms with van der Waals surface area (Å²) in [6.45, 7) is 10.4. The lowest BCUT2D eigenvalue weighted by atomic mass is 10.0. The smallest absolute Gasteiger partial charge is 0.236 e. The van der Waals surface area contributed by atoms with Gasteiger partial charge in [-0.15, -0.1) is 0 Å². The zero-order valence-electron chi connectivity index (χ0n) is 9.14. The molecular formula is C10H20N2O. The summed E-state index contributed by atoms with van der Waals surface area (Å²) in [5.41, 5.74) is 5.86. The quantitative estimate of drug-likeness (QED) is 0.669. The van der Waals surface area contributed by atoms with E-state index in [1.165, 1.54) is 0 Å². The largest absolute Gasteiger partial charge is 0.351 e. The maximum absolute atomic E-state index is 11.3. The minimum atomic E-state index is -0.410. The molecule has 0 heterocycles. The summed E-state index contributed by atoms with van der Waals surface area (Å²) in [5.74, 6) is -0.0522. The van der Waals surface area contributed by atoms with Crippen LogP contribution in [-0.2, 0) is 4.79 Å². The van der Waals surface area contributed by atoms with Crippen LogP contribution in [-0.4, -0.2) is 18.0 Å². The molecule has 0 aromatic rings. The average molecular weight is 184 g/mol. The fraction of sp³-hybridized carbons (Fsp3) is 0.900. The number of nitrogens with two attached hydrogens (primary N) is 1. The van der Waals surface area contributed by atoms with Crippen LogP contribution in [0.15, 0.2) is 0 Å². The Hall–Kier alpha value is -0.570. The molecule has 1 aliphatic rings. The van der Waals surface area contributed by atoms with Gasteiger partial charge in [0, 0.05) is 6.04 Å². The van der Waals surface area contributed by atoms with Crippen LogP contribution in [0.3, 0.4) is 0 Å². The lowest BCUT2D eigenvalue weighted by Gasteiger charge is -2.08. The first kappa shape index (κ1) is 10.5. The summed E-state index contributed by atoms with van der Waals surface area (Å²) in [4.78, 5) is 11.3. The van der Waals surface area contributed by atoms with Gasteiger partial charge in [0.1, 0.15) is 0 Å². The van der Waals surface area contributed by atoms with Crippen molar-refractivity contribution in [2.24, 2.45) is 16.6 Å². The Balaban J connectivity index is 2.56. The SMILES string of the molecule is CC(N)C(=O)NC1C(C)(C)C1(C)C. The Kier molecular flexibility index (Phi) is 2.19. The third kappa shape index (κ3) is 1.46. The van der Waals surface area contributed by atoms with E-state index in [4.69, 9.17) is 5.73 Å². The number of amides is 1. The lowest BCUT2D eigenvalue weighted by Crippen LogP contribution is -2.41. The van der Waals surface area contributed by atoms with Crippen molar-refractivity contribution in [3.8, 4) is 0 Å². The Bertz CT molecular complexity index is 217. The van der Waals surface area contributed by atoms with Crippen LogP contribution in [0.2, 0.25) is 0 Å². The third-order valence-electron chi connectivity index (χ3n) is 3.72. The van der Waals surface area contributed by atoms with Crippen molar-refractivity contribution in [3.63, 3.8) is 0 Å². The molecule has 1 unspecified atom stereocenters. The highest BCUT2D eigenvalue weighted by Gasteiger charge is 2.65. The molecule has 0 spiro atoms. The van der Waals surface area contributed by atoms with Gasteiger partial charge in [0.2, 0.25) is 5.91 Å². The fourth-order valence-electron chi connectivity index (χ4n) is 1.83. The zero-order valence-corrected chi connectivity index (χ0v) is 9.14. The topological polar surface area (TPSA) is 55.1 Å². The summed E-state index contributed by atoms with van der Waals surface area (Å²) >= 11 is 0. The number of rotatable bonds is 2. The van der Waals surface area contributed by atoms with Crippen LogP contribution in [0.4, 0.5) is 0 Å². The molecular weight excluding hydrogens is 164 g/mol. The fourth-order valence-corrected chi connectivity index (χ4v) is 1.83. The number of nitrogens with one attached hydrogen (secondary N) is 1. The molecule has 0 radical (unpaired) electrons. The van der Waals surface area contributed by atoms with Crippen LogP contribution < -0.4 is 11.1 Å². The van der Waals surface area contributed by atoms with Gasteiger partial charge in [-0.05, 0) is 17.8 Å². The Labute approximate surface area is 80.1 Å². The molecule has 13 heavy (non-hydrogen) atoms. The Morgan fingerprint density at radius 2 is 1.69 bits per heavy atom. The van der Waals surface area contributed by atoms with Crippen LogP contribution in [0.25, 0.3) is 0 Å². The summed E-state index contributed by atoms with van der Waals surface area (Å²) in [6.07, 6.45) is 0. The van der Waals surface area contributed by atoms with E-state index in [1.807, 2.05) is 0 Å². The van der Waals surface area contributed by atoms with Gasteiger partial charge in [0.25, 0.3) is 0 Å². The van der Waals surface area contributed by atoms with Crippen molar-refractivity contribution in [3.05, 3.63) is 0 Å². The minimum Gasteiger partial charge on any atom is -0.351 e. The van der Waals surface area contributed by atoms with E-state index in [0.717, 1.165) is 0 Å². The maximum Gasteiger partial charge on any atom is 0.236 e. The molecule has 1 saturated carbocycles. The second-order valence-corrected chi connectivity index (χ2v) is 5.17. The van der Waals surface area contributed by atoms with Crippen molar-refractivity contribution in [1.29, 1.82) is 0 Å². The van der Waals surface area contributed by atoms with E-state index in [2.05, 4.69) is 33.0 Å². The molecule has 3 nitrogen and oxygen atoms in total. The molecule has 1 rings (SSSR count). The van der Waals surface area contributed by atoms with Crippen molar-refractivity contribution in [2.75, 3.05) is 0 Å². The number of hydrogen-bond donors (Lipinski definition) is 2. The van der Waals surface area contributed by atoms with Gasteiger partial charge in [0.15, 0.2) is 0 Å². The van der Waals surface area contributed by atoms with Gasteiger partial charge in [-0.25, -0.2) is 0 Å². The zero-order chi connectivity index (χ0) is 10.4. The molecule has 0 bridgehead atoms. The minimum absolute atomic E-state index is 0.0522. The normalized spacial score (nSPS) is 26.6. The van der Waals surface area contributed by atoms with E-state index in [-0.39, 0.29) is 22.8 Å². The summed E-state index contributed by atoms with van der Waals surface area (Å²) in [7, 11) is 0. The second kappa shape index (κ2) is 2.71. The third-order valence-corrected chi connectivity index (χ3v) is 3.72. The molecule has 0 aromatic heterocycles. The molecule has 76 valence electrons. The van der Waals surface area contributed by atoms with Crippen molar-refractivity contribution in [2.45, 2.75) is 46.7 Å². The number of hydrogen-bond acceptors (Lipinski definition) is 2. The molecule has 1 amide bonds.